The maximum atomic E-state index is 5.78. The summed E-state index contributed by atoms with van der Waals surface area (Å²) in [7, 11) is 0. The van der Waals surface area contributed by atoms with Crippen molar-refractivity contribution in [1.82, 2.24) is 27.8 Å². The fraction of sp³-hybridized carbons (Fsp3) is 0.0370. The third-order valence-corrected chi connectivity index (χ3v) is 15.3. The van der Waals surface area contributed by atoms with Crippen molar-refractivity contribution in [2.75, 3.05) is 0 Å². The van der Waals surface area contributed by atoms with E-state index < -0.39 is 0 Å². The molecule has 0 saturated heterocycles. The molecule has 0 amide bonds. The van der Waals surface area contributed by atoms with Gasteiger partial charge in [-0.3, -0.25) is 0 Å². The zero-order valence-corrected chi connectivity index (χ0v) is 36.6. The van der Waals surface area contributed by atoms with Crippen LogP contribution in [0.3, 0.4) is 0 Å². The molecule has 0 N–H and O–H groups in total. The molecule has 0 aliphatic heterocycles. The standard InChI is InChI=1S/C54H34N6S3/c1-4-17-33-32(5-2)47-48(37-24-11-10-21-34(33)37)56-50-45(43-28-38-35-22-12-15-26-41(35)59(53(38)61-43)31-19-7-6-8-20-31)51-52(58-63-57-51)46(49(50)55-47)44-29-39-36-23-13-16-27-42(36)60(54(39)62-44)40-25-14-9-18-30(40)3/h4-29H,2H2,1,3H3/b17-4-. The maximum Gasteiger partial charge on any atom is 0.116 e. The third kappa shape index (κ3) is 5.15. The van der Waals surface area contributed by atoms with Gasteiger partial charge in [0.15, 0.2) is 0 Å². The lowest BCUT2D eigenvalue weighted by atomic mass is 9.95. The molecule has 0 aliphatic carbocycles. The minimum atomic E-state index is 0.798. The van der Waals surface area contributed by atoms with E-state index in [4.69, 9.17) is 18.7 Å². The molecule has 6 aromatic heterocycles. The Morgan fingerprint density at radius 1 is 0.508 bits per heavy atom. The molecular formula is C54H34N6S3. The fourth-order valence-electron chi connectivity index (χ4n) is 9.74. The highest BCUT2D eigenvalue weighted by Crippen LogP contribution is 2.50. The molecule has 7 aromatic carbocycles. The monoisotopic (exact) mass is 862 g/mol. The Morgan fingerprint density at radius 2 is 1.05 bits per heavy atom. The second-order valence-corrected chi connectivity index (χ2v) is 18.5. The van der Waals surface area contributed by atoms with Gasteiger partial charge in [0, 0.05) is 64.8 Å². The molecule has 6 heterocycles. The van der Waals surface area contributed by atoms with Crippen LogP contribution in [0.25, 0.3) is 131 Å². The molecule has 0 fully saturated rings. The highest BCUT2D eigenvalue weighted by Gasteiger charge is 2.28. The minimum Gasteiger partial charge on any atom is -0.301 e. The molecule has 13 aromatic rings. The van der Waals surface area contributed by atoms with E-state index in [1.807, 2.05) is 6.08 Å². The van der Waals surface area contributed by atoms with Gasteiger partial charge in [0.2, 0.25) is 0 Å². The van der Waals surface area contributed by atoms with Crippen molar-refractivity contribution in [3.05, 3.63) is 169 Å². The van der Waals surface area contributed by atoms with Crippen LogP contribution in [-0.4, -0.2) is 27.8 Å². The predicted octanol–water partition coefficient (Wildman–Crippen LogP) is 15.6. The summed E-state index contributed by atoms with van der Waals surface area (Å²) in [5.41, 5.74) is 14.7. The molecule has 0 atom stereocenters. The highest BCUT2D eigenvalue weighted by molar-refractivity contribution is 7.23. The first-order valence-corrected chi connectivity index (χ1v) is 23.2. The van der Waals surface area contributed by atoms with Crippen molar-refractivity contribution in [2.45, 2.75) is 13.8 Å². The van der Waals surface area contributed by atoms with E-state index in [1.54, 1.807) is 22.7 Å². The smallest absolute Gasteiger partial charge is 0.116 e. The SMILES string of the molecule is C=Cc1c(/C=C\C)c2ccccc2c2nc3c(-c4cc5c6ccccc6n(-c6ccccc6)c5s4)c4nsnc4c(-c4cc5c6ccccc6n(-c6ccccc6C)c5s4)c3nc12. The Kier molecular flexibility index (Phi) is 8.00. The van der Waals surface area contributed by atoms with Crippen molar-refractivity contribution in [2.24, 2.45) is 0 Å². The van der Waals surface area contributed by atoms with Crippen LogP contribution in [0.15, 0.2) is 152 Å². The summed E-state index contributed by atoms with van der Waals surface area (Å²) in [6.45, 7) is 8.58. The quantitative estimate of drug-likeness (QED) is 0.123. The van der Waals surface area contributed by atoms with Crippen molar-refractivity contribution < 1.29 is 0 Å². The number of fused-ring (bicyclic) bond motifs is 11. The maximum absolute atomic E-state index is 5.78. The average Bonchev–Trinajstić information content (AvgIpc) is 4.16. The number of benzene rings is 7. The summed E-state index contributed by atoms with van der Waals surface area (Å²) in [6.07, 6.45) is 6.18. The van der Waals surface area contributed by atoms with Gasteiger partial charge in [-0.25, -0.2) is 9.97 Å². The number of aromatic nitrogens is 6. The molecule has 0 spiro atoms. The molecule has 0 saturated carbocycles. The summed E-state index contributed by atoms with van der Waals surface area (Å²) in [4.78, 5) is 16.0. The Bertz CT molecular complexity index is 4080. The van der Waals surface area contributed by atoms with Gasteiger partial charge in [-0.15, -0.1) is 22.7 Å². The van der Waals surface area contributed by atoms with Crippen LogP contribution in [0.1, 0.15) is 23.6 Å². The molecular weight excluding hydrogens is 829 g/mol. The van der Waals surface area contributed by atoms with E-state index >= 15 is 0 Å². The molecule has 13 rings (SSSR count). The number of thiophene rings is 2. The van der Waals surface area contributed by atoms with Gasteiger partial charge in [-0.2, -0.15) is 8.75 Å². The summed E-state index contributed by atoms with van der Waals surface area (Å²) < 4.78 is 15.1. The van der Waals surface area contributed by atoms with Crippen LogP contribution in [0.4, 0.5) is 0 Å². The van der Waals surface area contributed by atoms with Gasteiger partial charge in [-0.05, 0) is 72.8 Å². The van der Waals surface area contributed by atoms with Gasteiger partial charge < -0.3 is 9.13 Å². The number of hydrogen-bond donors (Lipinski definition) is 0. The largest absolute Gasteiger partial charge is 0.301 e. The Hall–Kier alpha value is -7.30. The zero-order valence-electron chi connectivity index (χ0n) is 34.1. The zero-order chi connectivity index (χ0) is 41.9. The topological polar surface area (TPSA) is 61.4 Å². The number of allylic oxidation sites excluding steroid dienone is 1. The molecule has 298 valence electrons. The average molecular weight is 863 g/mol. The van der Waals surface area contributed by atoms with Gasteiger partial charge in [-0.1, -0.05) is 122 Å². The van der Waals surface area contributed by atoms with E-state index in [0.717, 1.165) is 81.6 Å². The minimum absolute atomic E-state index is 0.798. The van der Waals surface area contributed by atoms with Crippen LogP contribution >= 0.6 is 34.4 Å². The number of aryl methyl sites for hydroxylation is 1. The fourth-order valence-corrected chi connectivity index (χ4v) is 12.8. The summed E-state index contributed by atoms with van der Waals surface area (Å²) in [5, 5.41) is 6.95. The molecule has 0 radical (unpaired) electrons. The van der Waals surface area contributed by atoms with Crippen molar-refractivity contribution in [3.63, 3.8) is 0 Å². The van der Waals surface area contributed by atoms with Crippen LogP contribution in [0.5, 0.6) is 0 Å². The normalized spacial score (nSPS) is 12.3. The van der Waals surface area contributed by atoms with Crippen molar-refractivity contribution in [1.29, 1.82) is 0 Å². The lowest BCUT2D eigenvalue weighted by molar-refractivity contribution is 1.16. The van der Waals surface area contributed by atoms with E-state index in [0.29, 0.717) is 0 Å². The lowest BCUT2D eigenvalue weighted by Gasteiger charge is -2.16. The van der Waals surface area contributed by atoms with E-state index in [9.17, 15) is 0 Å². The van der Waals surface area contributed by atoms with E-state index in [-0.39, 0.29) is 0 Å². The van der Waals surface area contributed by atoms with E-state index in [2.05, 4.69) is 181 Å². The first-order valence-electron chi connectivity index (χ1n) is 20.9. The molecule has 0 unspecified atom stereocenters. The number of para-hydroxylation sites is 4. The van der Waals surface area contributed by atoms with Crippen LogP contribution in [0.2, 0.25) is 0 Å². The first-order chi connectivity index (χ1) is 31.1. The van der Waals surface area contributed by atoms with Gasteiger partial charge >= 0.3 is 0 Å². The number of rotatable bonds is 6. The first kappa shape index (κ1) is 36.4. The Balaban J connectivity index is 1.19. The van der Waals surface area contributed by atoms with Crippen molar-refractivity contribution >= 4 is 133 Å². The summed E-state index contributed by atoms with van der Waals surface area (Å²) in [5.74, 6) is 0. The highest BCUT2D eigenvalue weighted by atomic mass is 32.1. The van der Waals surface area contributed by atoms with Crippen LogP contribution in [0, 0.1) is 6.92 Å². The Morgan fingerprint density at radius 3 is 1.68 bits per heavy atom. The third-order valence-electron chi connectivity index (χ3n) is 12.5. The molecule has 6 nitrogen and oxygen atoms in total. The molecule has 0 bridgehead atoms. The summed E-state index contributed by atoms with van der Waals surface area (Å²) >= 11 is 4.80. The lowest BCUT2D eigenvalue weighted by Crippen LogP contribution is -1.99. The summed E-state index contributed by atoms with van der Waals surface area (Å²) in [6, 6.07) is 49.8. The van der Waals surface area contributed by atoms with Crippen molar-refractivity contribution in [3.8, 4) is 32.3 Å². The number of nitrogens with zero attached hydrogens (tertiary/aromatic N) is 6. The molecule has 9 heteroatoms. The van der Waals surface area contributed by atoms with Gasteiger partial charge in [0.1, 0.15) is 31.7 Å². The second-order valence-electron chi connectivity index (χ2n) is 15.9. The molecule has 0 aliphatic rings. The van der Waals surface area contributed by atoms with Gasteiger partial charge in [0.05, 0.1) is 33.8 Å². The van der Waals surface area contributed by atoms with Crippen LogP contribution in [-0.2, 0) is 0 Å². The number of hydrogen-bond acceptors (Lipinski definition) is 7. The predicted molar refractivity (Wildman–Crippen MR) is 270 cm³/mol. The van der Waals surface area contributed by atoms with Crippen LogP contribution < -0.4 is 0 Å². The van der Waals surface area contributed by atoms with Gasteiger partial charge in [0.25, 0.3) is 0 Å². The van der Waals surface area contributed by atoms with E-state index in [1.165, 1.54) is 65.2 Å². The second kappa shape index (κ2) is 13.9. The Labute approximate surface area is 373 Å². The molecule has 63 heavy (non-hydrogen) atoms.